The molecule has 2 aromatic carbocycles. The van der Waals surface area contributed by atoms with Crippen LogP contribution in [0.2, 0.25) is 0 Å². The molecule has 1 heterocycles. The van der Waals surface area contributed by atoms with Crippen LogP contribution in [0.1, 0.15) is 12.8 Å². The average Bonchev–Trinajstić information content (AvgIpc) is 2.78. The summed E-state index contributed by atoms with van der Waals surface area (Å²) in [5.41, 5.74) is 1.11. The molecule has 3 aromatic rings. The summed E-state index contributed by atoms with van der Waals surface area (Å²) in [5, 5.41) is 19.1. The zero-order chi connectivity index (χ0) is 21.3. The number of nitrogens with zero attached hydrogens (tertiary/aromatic N) is 4. The molecular weight excluding hydrogens is 400 g/mol. The van der Waals surface area contributed by atoms with E-state index < -0.39 is 0 Å². The van der Waals surface area contributed by atoms with Gasteiger partial charge in [0.2, 0.25) is 5.91 Å². The number of rotatable bonds is 9. The van der Waals surface area contributed by atoms with Crippen LogP contribution in [0.15, 0.2) is 64.5 Å². The summed E-state index contributed by atoms with van der Waals surface area (Å²) in [6, 6.07) is 18.3. The van der Waals surface area contributed by atoms with E-state index in [1.54, 1.807) is 23.1 Å². The number of carbonyl (C=O) groups is 1. The highest BCUT2D eigenvalue weighted by Gasteiger charge is 2.18. The van der Waals surface area contributed by atoms with E-state index in [9.17, 15) is 14.7 Å². The normalized spacial score (nSPS) is 10.7. The molecule has 0 aliphatic heterocycles. The third kappa shape index (κ3) is 5.06. The number of hydrogen-bond donors (Lipinski definition) is 1. The Morgan fingerprint density at radius 2 is 1.90 bits per heavy atom. The van der Waals surface area contributed by atoms with Crippen molar-refractivity contribution in [3.8, 4) is 6.07 Å². The summed E-state index contributed by atoms with van der Waals surface area (Å²) >= 11 is 1.19. The fourth-order valence-corrected chi connectivity index (χ4v) is 3.96. The average molecular weight is 423 g/mol. The van der Waals surface area contributed by atoms with E-state index in [4.69, 9.17) is 5.26 Å². The van der Waals surface area contributed by atoms with Crippen LogP contribution in [0.3, 0.4) is 0 Å². The Bertz CT molecular complexity index is 1110. The van der Waals surface area contributed by atoms with Crippen molar-refractivity contribution < 1.29 is 9.90 Å². The molecule has 7 nitrogen and oxygen atoms in total. The van der Waals surface area contributed by atoms with E-state index in [0.717, 1.165) is 5.69 Å². The summed E-state index contributed by atoms with van der Waals surface area (Å²) in [4.78, 5) is 32.0. The van der Waals surface area contributed by atoms with E-state index in [2.05, 4.69) is 11.1 Å². The number of hydrogen-bond acceptors (Lipinski definition) is 6. The number of fused-ring (bicyclic) bond motifs is 1. The number of aliphatic hydroxyl groups is 1. The van der Waals surface area contributed by atoms with Crippen molar-refractivity contribution in [1.29, 1.82) is 5.26 Å². The number of carbonyl (C=O) groups excluding carboxylic acids is 1. The maximum Gasteiger partial charge on any atom is 0.262 e. The maximum absolute atomic E-state index is 12.9. The minimum Gasteiger partial charge on any atom is -0.396 e. The van der Waals surface area contributed by atoms with Crippen molar-refractivity contribution in [3.05, 3.63) is 65.0 Å². The third-order valence-electron chi connectivity index (χ3n) is 4.51. The second-order valence-corrected chi connectivity index (χ2v) is 7.47. The number of para-hydroxylation sites is 2. The Morgan fingerprint density at radius 3 is 2.63 bits per heavy atom. The first-order valence-corrected chi connectivity index (χ1v) is 10.6. The molecule has 1 amide bonds. The lowest BCUT2D eigenvalue weighted by Gasteiger charge is -2.22. The number of benzene rings is 2. The van der Waals surface area contributed by atoms with Crippen molar-refractivity contribution in [1.82, 2.24) is 9.55 Å². The first-order chi connectivity index (χ1) is 14.7. The Labute approximate surface area is 178 Å². The Hall–Kier alpha value is -3.15. The summed E-state index contributed by atoms with van der Waals surface area (Å²) in [6.45, 7) is 0.571. The van der Waals surface area contributed by atoms with Crippen molar-refractivity contribution in [2.75, 3.05) is 23.8 Å². The molecule has 3 rings (SSSR count). The maximum atomic E-state index is 12.9. The van der Waals surface area contributed by atoms with Gasteiger partial charge in [0.05, 0.1) is 29.1 Å². The van der Waals surface area contributed by atoms with Crippen LogP contribution in [-0.4, -0.2) is 39.5 Å². The van der Waals surface area contributed by atoms with Gasteiger partial charge < -0.3 is 10.0 Å². The molecule has 0 aliphatic rings. The minimum atomic E-state index is -0.187. The summed E-state index contributed by atoms with van der Waals surface area (Å²) in [5.74, 6) is -0.0953. The molecule has 0 unspecified atom stereocenters. The largest absolute Gasteiger partial charge is 0.396 e. The standard InChI is InChI=1S/C22H22N4O3S/c23-12-6-13-25(17-8-2-1-3-9-17)20(28)16-30-22-24-19-11-5-4-10-18(19)21(29)26(22)14-7-15-27/h1-5,8-11,27H,6-7,13-16H2. The Kier molecular flexibility index (Phi) is 7.60. The fraction of sp³-hybridized carbons (Fsp3) is 0.273. The highest BCUT2D eigenvalue weighted by atomic mass is 32.2. The highest BCUT2D eigenvalue weighted by molar-refractivity contribution is 7.99. The van der Waals surface area contributed by atoms with Gasteiger partial charge in [-0.05, 0) is 30.7 Å². The summed E-state index contributed by atoms with van der Waals surface area (Å²) in [6.07, 6.45) is 0.639. The molecule has 0 atom stereocenters. The lowest BCUT2D eigenvalue weighted by molar-refractivity contribution is -0.116. The zero-order valence-electron chi connectivity index (χ0n) is 16.4. The molecule has 0 radical (unpaired) electrons. The number of thioether (sulfide) groups is 1. The predicted octanol–water partition coefficient (Wildman–Crippen LogP) is 2.82. The van der Waals surface area contributed by atoms with Gasteiger partial charge >= 0.3 is 0 Å². The predicted molar refractivity (Wildman–Crippen MR) is 117 cm³/mol. The topological polar surface area (TPSA) is 99.2 Å². The number of aromatic nitrogens is 2. The first-order valence-electron chi connectivity index (χ1n) is 9.61. The second-order valence-electron chi connectivity index (χ2n) is 6.52. The molecular formula is C22H22N4O3S. The molecule has 154 valence electrons. The van der Waals surface area contributed by atoms with Crippen LogP contribution in [0.25, 0.3) is 10.9 Å². The van der Waals surface area contributed by atoms with Gasteiger partial charge in [-0.2, -0.15) is 5.26 Å². The van der Waals surface area contributed by atoms with Crippen molar-refractivity contribution in [3.63, 3.8) is 0 Å². The fourth-order valence-electron chi connectivity index (χ4n) is 3.06. The first kappa shape index (κ1) is 21.6. The summed E-state index contributed by atoms with van der Waals surface area (Å²) < 4.78 is 1.51. The van der Waals surface area contributed by atoms with E-state index in [0.29, 0.717) is 35.6 Å². The monoisotopic (exact) mass is 422 g/mol. The van der Waals surface area contributed by atoms with Crippen LogP contribution < -0.4 is 10.5 Å². The second kappa shape index (κ2) is 10.6. The SMILES string of the molecule is N#CCCN(C(=O)CSc1nc2ccccc2c(=O)n1CCCO)c1ccccc1. The molecule has 0 bridgehead atoms. The molecule has 1 aromatic heterocycles. The van der Waals surface area contributed by atoms with Gasteiger partial charge in [-0.1, -0.05) is 42.1 Å². The van der Waals surface area contributed by atoms with Gasteiger partial charge in [0.15, 0.2) is 5.16 Å². The highest BCUT2D eigenvalue weighted by Crippen LogP contribution is 2.21. The van der Waals surface area contributed by atoms with E-state index in [-0.39, 0.29) is 30.2 Å². The molecule has 0 aliphatic carbocycles. The molecule has 0 saturated carbocycles. The molecule has 0 saturated heterocycles. The molecule has 0 spiro atoms. The lowest BCUT2D eigenvalue weighted by Crippen LogP contribution is -2.33. The van der Waals surface area contributed by atoms with Gasteiger partial charge in [-0.25, -0.2) is 4.98 Å². The smallest absolute Gasteiger partial charge is 0.262 e. The van der Waals surface area contributed by atoms with Crippen LogP contribution in [0, 0.1) is 11.3 Å². The van der Waals surface area contributed by atoms with Crippen molar-refractivity contribution in [2.45, 2.75) is 24.5 Å². The van der Waals surface area contributed by atoms with Crippen LogP contribution in [-0.2, 0) is 11.3 Å². The van der Waals surface area contributed by atoms with Gasteiger partial charge in [0, 0.05) is 25.4 Å². The van der Waals surface area contributed by atoms with Crippen molar-refractivity contribution >= 4 is 34.3 Å². The quantitative estimate of drug-likeness (QED) is 0.420. The summed E-state index contributed by atoms with van der Waals surface area (Å²) in [7, 11) is 0. The molecule has 1 N–H and O–H groups in total. The van der Waals surface area contributed by atoms with E-state index in [1.165, 1.54) is 16.3 Å². The zero-order valence-corrected chi connectivity index (χ0v) is 17.2. The van der Waals surface area contributed by atoms with Crippen LogP contribution in [0.4, 0.5) is 5.69 Å². The number of anilines is 1. The number of nitriles is 1. The molecule has 30 heavy (non-hydrogen) atoms. The van der Waals surface area contributed by atoms with E-state index >= 15 is 0 Å². The van der Waals surface area contributed by atoms with Gasteiger partial charge in [0.25, 0.3) is 5.56 Å². The van der Waals surface area contributed by atoms with Crippen LogP contribution >= 0.6 is 11.8 Å². The minimum absolute atomic E-state index is 0.0434. The van der Waals surface area contributed by atoms with E-state index in [1.807, 2.05) is 36.4 Å². The lowest BCUT2D eigenvalue weighted by atomic mass is 10.2. The Balaban J connectivity index is 1.86. The Morgan fingerprint density at radius 1 is 1.17 bits per heavy atom. The number of amides is 1. The van der Waals surface area contributed by atoms with Crippen LogP contribution in [0.5, 0.6) is 0 Å². The number of aliphatic hydroxyl groups excluding tert-OH is 1. The van der Waals surface area contributed by atoms with Gasteiger partial charge in [0.1, 0.15) is 0 Å². The van der Waals surface area contributed by atoms with Crippen molar-refractivity contribution in [2.24, 2.45) is 0 Å². The molecule has 8 heteroatoms. The molecule has 0 fully saturated rings. The van der Waals surface area contributed by atoms with Gasteiger partial charge in [-0.3, -0.25) is 14.2 Å². The van der Waals surface area contributed by atoms with Gasteiger partial charge in [-0.15, -0.1) is 0 Å². The third-order valence-corrected chi connectivity index (χ3v) is 5.47.